The number of carbonyl (C=O) groups is 1. The Balaban J connectivity index is 2.16. The Morgan fingerprint density at radius 1 is 1.50 bits per heavy atom. The van der Waals surface area contributed by atoms with Gasteiger partial charge in [-0.25, -0.2) is 0 Å². The van der Waals surface area contributed by atoms with Gasteiger partial charge in [0.2, 0.25) is 5.91 Å². The minimum absolute atomic E-state index is 0.1000. The molecular formula is C17H17N3O3S. The first-order valence-electron chi connectivity index (χ1n) is 7.44. The van der Waals surface area contributed by atoms with Crippen molar-refractivity contribution < 1.29 is 9.90 Å². The average Bonchev–Trinajstić information content (AvgIpc) is 2.56. The summed E-state index contributed by atoms with van der Waals surface area (Å²) in [7, 11) is 1.77. The molecule has 1 aliphatic rings. The van der Waals surface area contributed by atoms with Crippen LogP contribution < -0.4 is 10.9 Å². The predicted molar refractivity (Wildman–Crippen MR) is 93.6 cm³/mol. The molecule has 6 nitrogen and oxygen atoms in total. The summed E-state index contributed by atoms with van der Waals surface area (Å²) < 4.78 is 1.72. The van der Waals surface area contributed by atoms with E-state index < -0.39 is 5.92 Å². The second-order valence-corrected chi connectivity index (χ2v) is 6.51. The second kappa shape index (κ2) is 6.52. The van der Waals surface area contributed by atoms with Gasteiger partial charge in [0.1, 0.15) is 11.6 Å². The molecule has 1 aromatic heterocycles. The zero-order valence-corrected chi connectivity index (χ0v) is 14.0. The maximum absolute atomic E-state index is 12.6. The number of phenolic OH excluding ortho intramolecular Hbond substituents is 1. The molecule has 0 radical (unpaired) electrons. The Bertz CT molecular complexity index is 876. The lowest BCUT2D eigenvalue weighted by molar-refractivity contribution is -0.116. The number of hydrogen-bond acceptors (Lipinski definition) is 5. The largest absolute Gasteiger partial charge is 0.508 e. The third kappa shape index (κ3) is 2.94. The summed E-state index contributed by atoms with van der Waals surface area (Å²) in [6.07, 6.45) is 1.87. The van der Waals surface area contributed by atoms with E-state index in [-0.39, 0.29) is 23.6 Å². The molecule has 2 heterocycles. The Morgan fingerprint density at radius 3 is 3.00 bits per heavy atom. The van der Waals surface area contributed by atoms with E-state index in [1.807, 2.05) is 0 Å². The molecular weight excluding hydrogens is 326 g/mol. The van der Waals surface area contributed by atoms with Crippen molar-refractivity contribution in [3.63, 3.8) is 0 Å². The van der Waals surface area contributed by atoms with E-state index in [4.69, 9.17) is 0 Å². The maximum Gasteiger partial charge on any atom is 0.279 e. The van der Waals surface area contributed by atoms with Crippen molar-refractivity contribution in [3.8, 4) is 5.75 Å². The van der Waals surface area contributed by atoms with Crippen molar-refractivity contribution >= 4 is 23.5 Å². The number of benzene rings is 1. The standard InChI is InChI=1S/C17H17N3O3S/c1-3-7-24-17-19-16(23)14-12(10-5-4-6-11(21)8-10)9-13(22)18-15(14)20(17)2/h3-6,8,12,21H,1,7,9H2,2H3,(H,18,22)/t12-/m1/s1. The summed E-state index contributed by atoms with van der Waals surface area (Å²) in [6, 6.07) is 6.63. The first-order chi connectivity index (χ1) is 11.5. The molecule has 0 aliphatic carbocycles. The Kier molecular flexibility index (Phi) is 4.44. The van der Waals surface area contributed by atoms with Crippen molar-refractivity contribution in [2.24, 2.45) is 7.05 Å². The molecule has 1 atom stereocenters. The summed E-state index contributed by atoms with van der Waals surface area (Å²) in [5.74, 6) is 0.583. The van der Waals surface area contributed by atoms with Gasteiger partial charge in [-0.05, 0) is 17.7 Å². The van der Waals surface area contributed by atoms with Crippen molar-refractivity contribution in [3.05, 3.63) is 58.4 Å². The van der Waals surface area contributed by atoms with E-state index in [0.29, 0.717) is 22.3 Å². The lowest BCUT2D eigenvalue weighted by Crippen LogP contribution is -2.33. The molecule has 0 spiro atoms. The molecule has 24 heavy (non-hydrogen) atoms. The highest BCUT2D eigenvalue weighted by Crippen LogP contribution is 2.36. The van der Waals surface area contributed by atoms with Gasteiger partial charge < -0.3 is 15.0 Å². The fourth-order valence-electron chi connectivity index (χ4n) is 2.82. The van der Waals surface area contributed by atoms with E-state index in [1.54, 1.807) is 42.0 Å². The van der Waals surface area contributed by atoms with Crippen LogP contribution in [0, 0.1) is 0 Å². The summed E-state index contributed by atoms with van der Waals surface area (Å²) >= 11 is 1.38. The molecule has 0 fully saturated rings. The number of aromatic hydroxyl groups is 1. The second-order valence-electron chi connectivity index (χ2n) is 5.52. The lowest BCUT2D eigenvalue weighted by Gasteiger charge is -2.27. The van der Waals surface area contributed by atoms with Crippen molar-refractivity contribution in [2.75, 3.05) is 11.1 Å². The predicted octanol–water partition coefficient (Wildman–Crippen LogP) is 2.24. The maximum atomic E-state index is 12.6. The number of hydrogen-bond donors (Lipinski definition) is 2. The molecule has 124 valence electrons. The van der Waals surface area contributed by atoms with Gasteiger partial charge in [-0.3, -0.25) is 9.59 Å². The van der Waals surface area contributed by atoms with Crippen LogP contribution in [-0.2, 0) is 11.8 Å². The molecule has 0 bridgehead atoms. The highest BCUT2D eigenvalue weighted by molar-refractivity contribution is 7.99. The molecule has 3 rings (SSSR count). The number of amides is 1. The van der Waals surface area contributed by atoms with E-state index in [2.05, 4.69) is 16.9 Å². The topological polar surface area (TPSA) is 84.2 Å². The van der Waals surface area contributed by atoms with Gasteiger partial charge in [-0.1, -0.05) is 30.0 Å². The summed E-state index contributed by atoms with van der Waals surface area (Å²) in [4.78, 5) is 28.9. The van der Waals surface area contributed by atoms with Crippen LogP contribution in [0.25, 0.3) is 0 Å². The minimum atomic E-state index is -0.425. The van der Waals surface area contributed by atoms with Gasteiger partial charge >= 0.3 is 0 Å². The third-order valence-corrected chi connectivity index (χ3v) is 4.93. The number of aromatic nitrogens is 2. The fraction of sp³-hybridized carbons (Fsp3) is 0.235. The molecule has 0 unspecified atom stereocenters. The lowest BCUT2D eigenvalue weighted by atomic mass is 9.86. The quantitative estimate of drug-likeness (QED) is 0.505. The van der Waals surface area contributed by atoms with Crippen LogP contribution in [0.15, 0.2) is 46.9 Å². The van der Waals surface area contributed by atoms with Crippen LogP contribution in [-0.4, -0.2) is 26.3 Å². The molecule has 1 aromatic carbocycles. The fourth-order valence-corrected chi connectivity index (χ4v) is 3.52. The van der Waals surface area contributed by atoms with Crippen LogP contribution in [0.4, 0.5) is 5.82 Å². The van der Waals surface area contributed by atoms with Gasteiger partial charge in [0, 0.05) is 25.1 Å². The van der Waals surface area contributed by atoms with Gasteiger partial charge in [-0.2, -0.15) is 4.98 Å². The molecule has 1 aliphatic heterocycles. The summed E-state index contributed by atoms with van der Waals surface area (Å²) in [6.45, 7) is 3.66. The number of phenols is 1. The van der Waals surface area contributed by atoms with Crippen LogP contribution >= 0.6 is 11.8 Å². The third-order valence-electron chi connectivity index (χ3n) is 3.90. The van der Waals surface area contributed by atoms with Gasteiger partial charge in [0.15, 0.2) is 5.16 Å². The molecule has 0 saturated carbocycles. The first kappa shape index (κ1) is 16.3. The Hall–Kier alpha value is -2.54. The highest BCUT2D eigenvalue weighted by atomic mass is 32.2. The van der Waals surface area contributed by atoms with Gasteiger partial charge in [0.25, 0.3) is 5.56 Å². The zero-order chi connectivity index (χ0) is 17.3. The molecule has 0 saturated heterocycles. The van der Waals surface area contributed by atoms with Crippen LogP contribution in [0.2, 0.25) is 0 Å². The number of nitrogens with one attached hydrogen (secondary N) is 1. The van der Waals surface area contributed by atoms with E-state index in [9.17, 15) is 14.7 Å². The van der Waals surface area contributed by atoms with E-state index >= 15 is 0 Å². The monoisotopic (exact) mass is 343 g/mol. The number of rotatable bonds is 4. The summed E-state index contributed by atoms with van der Waals surface area (Å²) in [5, 5.41) is 13.0. The number of fused-ring (bicyclic) bond motifs is 1. The number of nitrogens with zero attached hydrogens (tertiary/aromatic N) is 2. The van der Waals surface area contributed by atoms with E-state index in [1.165, 1.54) is 11.8 Å². The molecule has 7 heteroatoms. The van der Waals surface area contributed by atoms with Gasteiger partial charge in [0.05, 0.1) is 5.56 Å². The Labute approximate surface area is 143 Å². The SMILES string of the molecule is C=CCSc1nc(=O)c2c(n1C)NC(=O)C[C@@H]2c1cccc(O)c1. The van der Waals surface area contributed by atoms with Crippen molar-refractivity contribution in [1.29, 1.82) is 0 Å². The molecule has 2 N–H and O–H groups in total. The van der Waals surface area contributed by atoms with Crippen LogP contribution in [0.5, 0.6) is 5.75 Å². The minimum Gasteiger partial charge on any atom is -0.508 e. The highest BCUT2D eigenvalue weighted by Gasteiger charge is 2.32. The van der Waals surface area contributed by atoms with Crippen molar-refractivity contribution in [2.45, 2.75) is 17.5 Å². The molecule has 1 amide bonds. The molecule has 2 aromatic rings. The smallest absolute Gasteiger partial charge is 0.279 e. The average molecular weight is 343 g/mol. The summed E-state index contributed by atoms with van der Waals surface area (Å²) in [5.41, 5.74) is 0.810. The number of carbonyl (C=O) groups excluding carboxylic acids is 1. The number of anilines is 1. The van der Waals surface area contributed by atoms with Crippen LogP contribution in [0.1, 0.15) is 23.5 Å². The van der Waals surface area contributed by atoms with Crippen molar-refractivity contribution in [1.82, 2.24) is 9.55 Å². The van der Waals surface area contributed by atoms with Gasteiger partial charge in [-0.15, -0.1) is 6.58 Å². The Morgan fingerprint density at radius 2 is 2.29 bits per heavy atom. The normalized spacial score (nSPS) is 16.4. The zero-order valence-electron chi connectivity index (χ0n) is 13.2. The first-order valence-corrected chi connectivity index (χ1v) is 8.43. The van der Waals surface area contributed by atoms with Crippen LogP contribution in [0.3, 0.4) is 0 Å². The number of thioether (sulfide) groups is 1. The van der Waals surface area contributed by atoms with E-state index in [0.717, 1.165) is 5.56 Å².